The van der Waals surface area contributed by atoms with Gasteiger partial charge in [-0.1, -0.05) is 6.07 Å². The van der Waals surface area contributed by atoms with Crippen LogP contribution in [0.5, 0.6) is 0 Å². The Kier molecular flexibility index (Phi) is 4.27. The minimum atomic E-state index is -0.585. The van der Waals surface area contributed by atoms with Gasteiger partial charge in [0, 0.05) is 36.4 Å². The van der Waals surface area contributed by atoms with E-state index in [0.29, 0.717) is 6.54 Å². The molecule has 4 nitrogen and oxygen atoms in total. The molecule has 2 aromatic rings. The minimum absolute atomic E-state index is 0.00150. The lowest BCUT2D eigenvalue weighted by Gasteiger charge is -2.20. The van der Waals surface area contributed by atoms with E-state index < -0.39 is 5.41 Å². The molecule has 1 N–H and O–H groups in total. The number of thiazole rings is 1. The fourth-order valence-corrected chi connectivity index (χ4v) is 2.46. The van der Waals surface area contributed by atoms with Gasteiger partial charge in [0.15, 0.2) is 0 Å². The van der Waals surface area contributed by atoms with Gasteiger partial charge < -0.3 is 5.32 Å². The van der Waals surface area contributed by atoms with Gasteiger partial charge in [-0.15, -0.1) is 11.3 Å². The maximum absolute atomic E-state index is 12.2. The first-order valence-electron chi connectivity index (χ1n) is 6.19. The van der Waals surface area contributed by atoms with Crippen molar-refractivity contribution >= 4 is 17.2 Å². The summed E-state index contributed by atoms with van der Waals surface area (Å²) in [5, 5.41) is 5.67. The Bertz CT molecular complexity index is 523. The highest BCUT2D eigenvalue weighted by atomic mass is 32.1. The summed E-state index contributed by atoms with van der Waals surface area (Å²) < 4.78 is 0. The van der Waals surface area contributed by atoms with Gasteiger partial charge in [-0.3, -0.25) is 9.78 Å². The molecule has 0 atom stereocenters. The van der Waals surface area contributed by atoms with Crippen molar-refractivity contribution in [3.8, 4) is 0 Å². The summed E-state index contributed by atoms with van der Waals surface area (Å²) in [5.74, 6) is -0.00150. The number of nitrogens with zero attached hydrogens (tertiary/aromatic N) is 2. The van der Waals surface area contributed by atoms with Crippen molar-refractivity contribution in [2.75, 3.05) is 6.54 Å². The first-order valence-corrected chi connectivity index (χ1v) is 7.07. The second kappa shape index (κ2) is 5.93. The molecule has 0 aliphatic heterocycles. The van der Waals surface area contributed by atoms with Crippen LogP contribution in [-0.4, -0.2) is 22.4 Å². The molecule has 0 fully saturated rings. The van der Waals surface area contributed by atoms with E-state index in [4.69, 9.17) is 0 Å². The Morgan fingerprint density at radius 2 is 2.16 bits per heavy atom. The highest BCUT2D eigenvalue weighted by Gasteiger charge is 2.31. The highest BCUT2D eigenvalue weighted by molar-refractivity contribution is 7.09. The molecule has 0 saturated heterocycles. The average Bonchev–Trinajstić information content (AvgIpc) is 2.94. The van der Waals surface area contributed by atoms with Gasteiger partial charge in [0.05, 0.1) is 5.41 Å². The van der Waals surface area contributed by atoms with E-state index >= 15 is 0 Å². The second-order valence-corrected chi connectivity index (χ2v) is 5.68. The number of hydrogen-bond acceptors (Lipinski definition) is 4. The van der Waals surface area contributed by atoms with Gasteiger partial charge in [0.1, 0.15) is 5.01 Å². The minimum Gasteiger partial charge on any atom is -0.355 e. The van der Waals surface area contributed by atoms with Gasteiger partial charge in [0.2, 0.25) is 5.91 Å². The molecule has 19 heavy (non-hydrogen) atoms. The highest BCUT2D eigenvalue weighted by Crippen LogP contribution is 2.24. The maximum Gasteiger partial charge on any atom is 0.232 e. The number of amides is 1. The van der Waals surface area contributed by atoms with Gasteiger partial charge in [-0.25, -0.2) is 4.98 Å². The summed E-state index contributed by atoms with van der Waals surface area (Å²) in [6, 6.07) is 5.79. The van der Waals surface area contributed by atoms with Crippen LogP contribution >= 0.6 is 11.3 Å². The summed E-state index contributed by atoms with van der Waals surface area (Å²) in [6.07, 6.45) is 4.22. The van der Waals surface area contributed by atoms with Crippen LogP contribution in [0.1, 0.15) is 24.5 Å². The molecule has 0 unspecified atom stereocenters. The van der Waals surface area contributed by atoms with Crippen molar-refractivity contribution in [1.82, 2.24) is 15.3 Å². The Hall–Kier alpha value is -1.75. The smallest absolute Gasteiger partial charge is 0.232 e. The lowest BCUT2D eigenvalue weighted by atomic mass is 9.93. The molecule has 0 bridgehead atoms. The van der Waals surface area contributed by atoms with Crippen molar-refractivity contribution in [3.05, 3.63) is 46.7 Å². The van der Waals surface area contributed by atoms with E-state index in [1.54, 1.807) is 12.4 Å². The molecule has 100 valence electrons. The molecule has 2 rings (SSSR count). The van der Waals surface area contributed by atoms with E-state index in [0.717, 1.165) is 17.1 Å². The number of aromatic nitrogens is 2. The van der Waals surface area contributed by atoms with Crippen LogP contribution in [0.15, 0.2) is 36.0 Å². The topological polar surface area (TPSA) is 54.9 Å². The van der Waals surface area contributed by atoms with E-state index in [9.17, 15) is 4.79 Å². The van der Waals surface area contributed by atoms with Gasteiger partial charge in [-0.05, 0) is 26.0 Å². The number of carbonyl (C=O) groups excluding carboxylic acids is 1. The maximum atomic E-state index is 12.2. The molecular formula is C14H17N3OS. The van der Waals surface area contributed by atoms with Crippen molar-refractivity contribution in [2.45, 2.75) is 25.7 Å². The molecule has 0 aliphatic carbocycles. The molecule has 0 radical (unpaired) electrons. The SMILES string of the molecule is CC(C)(C(=O)NCCc1ccccn1)c1nccs1. The van der Waals surface area contributed by atoms with E-state index in [1.165, 1.54) is 11.3 Å². The average molecular weight is 275 g/mol. The van der Waals surface area contributed by atoms with E-state index in [1.807, 2.05) is 37.4 Å². The zero-order chi connectivity index (χ0) is 13.7. The molecule has 2 aromatic heterocycles. The van der Waals surface area contributed by atoms with Crippen LogP contribution in [-0.2, 0) is 16.6 Å². The van der Waals surface area contributed by atoms with E-state index in [-0.39, 0.29) is 5.91 Å². The molecule has 0 spiro atoms. The molecule has 0 aromatic carbocycles. The monoisotopic (exact) mass is 275 g/mol. The summed E-state index contributed by atoms with van der Waals surface area (Å²) in [5.41, 5.74) is 0.396. The Morgan fingerprint density at radius 3 is 2.79 bits per heavy atom. The second-order valence-electron chi connectivity index (χ2n) is 4.79. The summed E-state index contributed by atoms with van der Waals surface area (Å²) >= 11 is 1.50. The summed E-state index contributed by atoms with van der Waals surface area (Å²) in [6.45, 7) is 4.37. The van der Waals surface area contributed by atoms with Crippen LogP contribution in [0, 0.1) is 0 Å². The molecule has 0 saturated carbocycles. The number of pyridine rings is 1. The fourth-order valence-electron chi connectivity index (χ4n) is 1.70. The molecule has 2 heterocycles. The van der Waals surface area contributed by atoms with Gasteiger partial charge in [-0.2, -0.15) is 0 Å². The molecular weight excluding hydrogens is 258 g/mol. The van der Waals surface area contributed by atoms with Crippen LogP contribution in [0.4, 0.5) is 0 Å². The number of rotatable bonds is 5. The van der Waals surface area contributed by atoms with E-state index in [2.05, 4.69) is 15.3 Å². The zero-order valence-electron chi connectivity index (χ0n) is 11.1. The molecule has 1 amide bonds. The van der Waals surface area contributed by atoms with Crippen LogP contribution < -0.4 is 5.32 Å². The molecule has 0 aliphatic rings. The lowest BCUT2D eigenvalue weighted by Crippen LogP contribution is -2.40. The predicted octanol–water partition coefficient (Wildman–Crippen LogP) is 2.17. The van der Waals surface area contributed by atoms with Crippen LogP contribution in [0.3, 0.4) is 0 Å². The third kappa shape index (κ3) is 3.38. The van der Waals surface area contributed by atoms with Crippen molar-refractivity contribution in [1.29, 1.82) is 0 Å². The van der Waals surface area contributed by atoms with Crippen LogP contribution in [0.25, 0.3) is 0 Å². The zero-order valence-corrected chi connectivity index (χ0v) is 11.9. The summed E-state index contributed by atoms with van der Waals surface area (Å²) in [7, 11) is 0. The van der Waals surface area contributed by atoms with Crippen molar-refractivity contribution < 1.29 is 4.79 Å². The number of hydrogen-bond donors (Lipinski definition) is 1. The number of nitrogens with one attached hydrogen (secondary N) is 1. The standard InChI is InChI=1S/C14H17N3OS/c1-14(2,13-17-9-10-19-13)12(18)16-8-6-11-5-3-4-7-15-11/h3-5,7,9-10H,6,8H2,1-2H3,(H,16,18). The largest absolute Gasteiger partial charge is 0.355 e. The number of carbonyl (C=O) groups is 1. The Balaban J connectivity index is 1.88. The van der Waals surface area contributed by atoms with Gasteiger partial charge >= 0.3 is 0 Å². The predicted molar refractivity (Wildman–Crippen MR) is 76.1 cm³/mol. The lowest BCUT2D eigenvalue weighted by molar-refractivity contribution is -0.125. The quantitative estimate of drug-likeness (QED) is 0.910. The Morgan fingerprint density at radius 1 is 1.32 bits per heavy atom. The molecule has 5 heteroatoms. The first-order chi connectivity index (χ1) is 9.10. The van der Waals surface area contributed by atoms with Gasteiger partial charge in [0.25, 0.3) is 0 Å². The van der Waals surface area contributed by atoms with Crippen LogP contribution in [0.2, 0.25) is 0 Å². The Labute approximate surface area is 116 Å². The normalized spacial score (nSPS) is 11.3. The van der Waals surface area contributed by atoms with Crippen molar-refractivity contribution in [3.63, 3.8) is 0 Å². The van der Waals surface area contributed by atoms with Crippen molar-refractivity contribution in [2.24, 2.45) is 0 Å². The fraction of sp³-hybridized carbons (Fsp3) is 0.357. The summed E-state index contributed by atoms with van der Waals surface area (Å²) in [4.78, 5) is 20.6. The third-order valence-electron chi connectivity index (χ3n) is 2.93. The third-order valence-corrected chi connectivity index (χ3v) is 4.02. The first kappa shape index (κ1) is 13.7.